The molecular formula is C13H18O. The van der Waals surface area contributed by atoms with E-state index in [1.54, 1.807) is 0 Å². The third-order valence-corrected chi connectivity index (χ3v) is 3.39. The minimum Gasteiger partial charge on any atom is -0.396 e. The van der Waals surface area contributed by atoms with Gasteiger partial charge in [0.15, 0.2) is 0 Å². The average Bonchev–Trinajstić information content (AvgIpc) is 2.59. The molecule has 0 spiro atoms. The summed E-state index contributed by atoms with van der Waals surface area (Å²) in [6.45, 7) is 4.60. The molecule has 0 aromatic heterocycles. The number of fused-ring (bicyclic) bond motifs is 1. The monoisotopic (exact) mass is 190 g/mol. The lowest BCUT2D eigenvalue weighted by Crippen LogP contribution is -2.00. The van der Waals surface area contributed by atoms with Gasteiger partial charge in [0.1, 0.15) is 0 Å². The molecule has 0 bridgehead atoms. The van der Waals surface area contributed by atoms with Crippen molar-refractivity contribution < 1.29 is 5.11 Å². The quantitative estimate of drug-likeness (QED) is 0.760. The van der Waals surface area contributed by atoms with Gasteiger partial charge in [0.05, 0.1) is 0 Å². The Kier molecular flexibility index (Phi) is 2.60. The van der Waals surface area contributed by atoms with Crippen molar-refractivity contribution in [3.8, 4) is 0 Å². The highest BCUT2D eigenvalue weighted by Gasteiger charge is 2.19. The molecule has 0 heterocycles. The van der Waals surface area contributed by atoms with Gasteiger partial charge >= 0.3 is 0 Å². The normalized spacial score (nSPS) is 22.1. The van der Waals surface area contributed by atoms with Gasteiger partial charge in [-0.3, -0.25) is 0 Å². The molecule has 2 rings (SSSR count). The van der Waals surface area contributed by atoms with E-state index in [1.165, 1.54) is 29.5 Å². The third-order valence-electron chi connectivity index (χ3n) is 3.39. The zero-order valence-corrected chi connectivity index (χ0v) is 8.96. The third kappa shape index (κ3) is 1.57. The maximum Gasteiger partial charge on any atom is 0.0497 e. The first-order valence-electron chi connectivity index (χ1n) is 5.46. The molecule has 1 N–H and O–H groups in total. The predicted molar refractivity (Wildman–Crippen MR) is 58.7 cm³/mol. The predicted octanol–water partition coefficient (Wildman–Crippen LogP) is 2.83. The molecule has 0 amide bonds. The van der Waals surface area contributed by atoms with Crippen LogP contribution >= 0.6 is 0 Å². The van der Waals surface area contributed by atoms with Crippen molar-refractivity contribution in [1.82, 2.24) is 0 Å². The van der Waals surface area contributed by atoms with E-state index >= 15 is 0 Å². The first-order chi connectivity index (χ1) is 6.72. The average molecular weight is 190 g/mol. The van der Waals surface area contributed by atoms with Crippen LogP contribution in [0.25, 0.3) is 0 Å². The van der Waals surface area contributed by atoms with E-state index in [4.69, 9.17) is 5.11 Å². The van der Waals surface area contributed by atoms with Crippen LogP contribution < -0.4 is 0 Å². The van der Waals surface area contributed by atoms with E-state index < -0.39 is 0 Å². The zero-order valence-electron chi connectivity index (χ0n) is 8.96. The Bertz CT molecular complexity index is 330. The van der Waals surface area contributed by atoms with Crippen LogP contribution in [0.2, 0.25) is 0 Å². The maximum absolute atomic E-state index is 9.10. The molecule has 2 unspecified atom stereocenters. The van der Waals surface area contributed by atoms with E-state index in [1.807, 2.05) is 0 Å². The van der Waals surface area contributed by atoms with Crippen molar-refractivity contribution in [1.29, 1.82) is 0 Å². The van der Waals surface area contributed by atoms with Gasteiger partial charge in [-0.25, -0.2) is 0 Å². The molecule has 0 saturated heterocycles. The van der Waals surface area contributed by atoms with Crippen LogP contribution in [-0.2, 0) is 6.42 Å². The van der Waals surface area contributed by atoms with E-state index in [-0.39, 0.29) is 12.5 Å². The highest BCUT2D eigenvalue weighted by Crippen LogP contribution is 2.34. The number of aryl methyl sites for hydroxylation is 1. The number of aliphatic hydroxyl groups excluding tert-OH is 1. The molecule has 1 nitrogen and oxygen atoms in total. The zero-order chi connectivity index (χ0) is 10.1. The van der Waals surface area contributed by atoms with Crippen LogP contribution in [0.5, 0.6) is 0 Å². The highest BCUT2D eigenvalue weighted by molar-refractivity contribution is 5.39. The Morgan fingerprint density at radius 2 is 2.29 bits per heavy atom. The number of aliphatic hydroxyl groups is 1. The summed E-state index contributed by atoms with van der Waals surface area (Å²) in [4.78, 5) is 0. The molecule has 1 heteroatoms. The van der Waals surface area contributed by atoms with Gasteiger partial charge in [-0.15, -0.1) is 0 Å². The highest BCUT2D eigenvalue weighted by atomic mass is 16.3. The van der Waals surface area contributed by atoms with Gasteiger partial charge in [-0.05, 0) is 35.4 Å². The summed E-state index contributed by atoms with van der Waals surface area (Å²) in [6.07, 6.45) is 2.51. The molecule has 1 aromatic carbocycles. The number of hydrogen-bond donors (Lipinski definition) is 1. The van der Waals surface area contributed by atoms with Crippen LogP contribution in [0.15, 0.2) is 18.2 Å². The fourth-order valence-electron chi connectivity index (χ4n) is 2.24. The van der Waals surface area contributed by atoms with Crippen molar-refractivity contribution in [2.45, 2.75) is 38.5 Å². The largest absolute Gasteiger partial charge is 0.396 e. The van der Waals surface area contributed by atoms with E-state index in [9.17, 15) is 0 Å². The van der Waals surface area contributed by atoms with Crippen LogP contribution in [0.1, 0.15) is 48.8 Å². The second kappa shape index (κ2) is 3.74. The van der Waals surface area contributed by atoms with E-state index in [0.29, 0.717) is 5.92 Å². The van der Waals surface area contributed by atoms with Crippen LogP contribution in [0.3, 0.4) is 0 Å². The molecule has 1 aromatic rings. The molecule has 0 aliphatic heterocycles. The molecule has 76 valence electrons. The summed E-state index contributed by atoms with van der Waals surface area (Å²) in [6, 6.07) is 6.69. The van der Waals surface area contributed by atoms with Crippen LogP contribution in [-0.4, -0.2) is 11.7 Å². The summed E-state index contributed by atoms with van der Waals surface area (Å²) in [5.41, 5.74) is 4.29. The topological polar surface area (TPSA) is 20.2 Å². The minimum atomic E-state index is 0.243. The molecular weight excluding hydrogens is 172 g/mol. The molecule has 1 aliphatic carbocycles. The minimum absolute atomic E-state index is 0.243. The second-order valence-corrected chi connectivity index (χ2v) is 4.48. The first-order valence-corrected chi connectivity index (χ1v) is 5.46. The Morgan fingerprint density at radius 3 is 3.00 bits per heavy atom. The summed E-state index contributed by atoms with van der Waals surface area (Å²) in [5.74, 6) is 0.976. The molecule has 14 heavy (non-hydrogen) atoms. The van der Waals surface area contributed by atoms with Crippen molar-refractivity contribution in [2.24, 2.45) is 0 Å². The Hall–Kier alpha value is -0.820. The summed E-state index contributed by atoms with van der Waals surface area (Å²) >= 11 is 0. The lowest BCUT2D eigenvalue weighted by molar-refractivity contribution is 0.273. The SMILES string of the molecule is CC(CO)c1ccc2c(c1)C(C)CC2. The van der Waals surface area contributed by atoms with Gasteiger partial charge in [-0.2, -0.15) is 0 Å². The molecule has 0 radical (unpaired) electrons. The summed E-state index contributed by atoms with van der Waals surface area (Å²) in [5, 5.41) is 9.10. The molecule has 0 fully saturated rings. The number of benzene rings is 1. The Balaban J connectivity index is 2.34. The van der Waals surface area contributed by atoms with Crippen LogP contribution in [0, 0.1) is 0 Å². The fourth-order valence-corrected chi connectivity index (χ4v) is 2.24. The Morgan fingerprint density at radius 1 is 1.50 bits per heavy atom. The second-order valence-electron chi connectivity index (χ2n) is 4.48. The lowest BCUT2D eigenvalue weighted by Gasteiger charge is -2.12. The van der Waals surface area contributed by atoms with Gasteiger partial charge in [0.25, 0.3) is 0 Å². The van der Waals surface area contributed by atoms with Gasteiger partial charge in [0.2, 0.25) is 0 Å². The van der Waals surface area contributed by atoms with Crippen LogP contribution in [0.4, 0.5) is 0 Å². The van der Waals surface area contributed by atoms with Crippen molar-refractivity contribution in [2.75, 3.05) is 6.61 Å². The molecule has 0 saturated carbocycles. The fraction of sp³-hybridized carbons (Fsp3) is 0.538. The summed E-state index contributed by atoms with van der Waals surface area (Å²) in [7, 11) is 0. The smallest absolute Gasteiger partial charge is 0.0497 e. The van der Waals surface area contributed by atoms with Crippen molar-refractivity contribution >= 4 is 0 Å². The van der Waals surface area contributed by atoms with Gasteiger partial charge < -0.3 is 5.11 Å². The lowest BCUT2D eigenvalue weighted by atomic mass is 9.95. The number of hydrogen-bond acceptors (Lipinski definition) is 1. The van der Waals surface area contributed by atoms with E-state index in [2.05, 4.69) is 32.0 Å². The maximum atomic E-state index is 9.10. The summed E-state index contributed by atoms with van der Waals surface area (Å²) < 4.78 is 0. The van der Waals surface area contributed by atoms with Gasteiger partial charge in [-0.1, -0.05) is 32.0 Å². The molecule has 1 aliphatic rings. The van der Waals surface area contributed by atoms with Crippen molar-refractivity contribution in [3.05, 3.63) is 34.9 Å². The standard InChI is InChI=1S/C13H18O/c1-9-3-4-11-5-6-12(7-13(9)11)10(2)8-14/h5-7,9-10,14H,3-4,8H2,1-2H3. The van der Waals surface area contributed by atoms with Gasteiger partial charge in [0, 0.05) is 12.5 Å². The van der Waals surface area contributed by atoms with Crippen molar-refractivity contribution in [3.63, 3.8) is 0 Å². The number of rotatable bonds is 2. The Labute approximate surface area is 85.8 Å². The first kappa shape index (κ1) is 9.72. The molecule has 2 atom stereocenters. The van der Waals surface area contributed by atoms with E-state index in [0.717, 1.165) is 0 Å².